The summed E-state index contributed by atoms with van der Waals surface area (Å²) in [5, 5.41) is 9.25. The molecule has 3 nitrogen and oxygen atoms in total. The average Bonchev–Trinajstić information content (AvgIpc) is 2.20. The Morgan fingerprint density at radius 1 is 1.53 bits per heavy atom. The summed E-state index contributed by atoms with van der Waals surface area (Å²) in [6.45, 7) is 0.201. The molecule has 1 aliphatic rings. The summed E-state index contributed by atoms with van der Waals surface area (Å²) in [5.41, 5.74) is 0.150. The molecular formula is C13H15FO3. The van der Waals surface area contributed by atoms with Crippen LogP contribution in [0.15, 0.2) is 18.2 Å². The Balaban J connectivity index is 2.34. The monoisotopic (exact) mass is 238 g/mol. The van der Waals surface area contributed by atoms with Crippen molar-refractivity contribution in [3.8, 4) is 0 Å². The summed E-state index contributed by atoms with van der Waals surface area (Å²) in [4.78, 5) is 11.3. The van der Waals surface area contributed by atoms with Gasteiger partial charge in [0, 0.05) is 12.7 Å². The molecule has 1 aliphatic carbocycles. The van der Waals surface area contributed by atoms with E-state index in [4.69, 9.17) is 4.74 Å². The highest BCUT2D eigenvalue weighted by Crippen LogP contribution is 2.44. The van der Waals surface area contributed by atoms with Crippen LogP contribution in [0.5, 0.6) is 0 Å². The molecule has 0 spiro atoms. The Bertz CT molecular complexity index is 438. The molecule has 0 heterocycles. The molecule has 0 bridgehead atoms. The Labute approximate surface area is 99.2 Å². The van der Waals surface area contributed by atoms with Crippen LogP contribution in [-0.2, 0) is 21.6 Å². The van der Waals surface area contributed by atoms with Gasteiger partial charge in [-0.05, 0) is 24.5 Å². The predicted octanol–water partition coefficient (Wildman–Crippen LogP) is 2.48. The van der Waals surface area contributed by atoms with Gasteiger partial charge in [-0.1, -0.05) is 18.6 Å². The van der Waals surface area contributed by atoms with Gasteiger partial charge in [0.25, 0.3) is 0 Å². The number of methoxy groups -OCH3 is 1. The number of aliphatic carboxylic acids is 1. The van der Waals surface area contributed by atoms with Crippen LogP contribution >= 0.6 is 0 Å². The lowest BCUT2D eigenvalue weighted by Gasteiger charge is -2.38. The summed E-state index contributed by atoms with van der Waals surface area (Å²) in [6.07, 6.45) is 2.06. The van der Waals surface area contributed by atoms with E-state index in [1.54, 1.807) is 12.1 Å². The number of benzene rings is 1. The first-order chi connectivity index (χ1) is 8.10. The van der Waals surface area contributed by atoms with E-state index in [-0.39, 0.29) is 6.61 Å². The van der Waals surface area contributed by atoms with Crippen LogP contribution in [0.4, 0.5) is 4.39 Å². The largest absolute Gasteiger partial charge is 0.481 e. The molecule has 1 aromatic rings. The van der Waals surface area contributed by atoms with E-state index in [1.807, 2.05) is 0 Å². The quantitative estimate of drug-likeness (QED) is 0.876. The van der Waals surface area contributed by atoms with Crippen LogP contribution in [0.2, 0.25) is 0 Å². The Morgan fingerprint density at radius 3 is 2.65 bits per heavy atom. The summed E-state index contributed by atoms with van der Waals surface area (Å²) in [5.74, 6) is -1.25. The fraction of sp³-hybridized carbons (Fsp3) is 0.462. The first-order valence-electron chi connectivity index (χ1n) is 5.61. The molecule has 1 saturated carbocycles. The third kappa shape index (κ3) is 1.93. The normalized spacial score (nSPS) is 17.5. The summed E-state index contributed by atoms with van der Waals surface area (Å²) < 4.78 is 18.6. The molecule has 0 atom stereocenters. The van der Waals surface area contributed by atoms with Crippen molar-refractivity contribution in [1.82, 2.24) is 0 Å². The van der Waals surface area contributed by atoms with E-state index < -0.39 is 17.2 Å². The Kier molecular flexibility index (Phi) is 3.15. The van der Waals surface area contributed by atoms with Crippen molar-refractivity contribution in [2.45, 2.75) is 31.3 Å². The third-order valence-electron chi connectivity index (χ3n) is 3.52. The van der Waals surface area contributed by atoms with Crippen molar-refractivity contribution in [3.05, 3.63) is 35.1 Å². The van der Waals surface area contributed by atoms with Crippen molar-refractivity contribution in [2.24, 2.45) is 0 Å². The maximum Gasteiger partial charge on any atom is 0.314 e. The van der Waals surface area contributed by atoms with Gasteiger partial charge in [0.1, 0.15) is 5.82 Å². The molecule has 0 aromatic heterocycles. The smallest absolute Gasteiger partial charge is 0.314 e. The van der Waals surface area contributed by atoms with E-state index in [0.717, 1.165) is 6.42 Å². The van der Waals surface area contributed by atoms with Gasteiger partial charge in [-0.2, -0.15) is 0 Å². The number of ether oxygens (including phenoxy) is 1. The minimum Gasteiger partial charge on any atom is -0.481 e. The van der Waals surface area contributed by atoms with Crippen molar-refractivity contribution in [1.29, 1.82) is 0 Å². The number of rotatable bonds is 4. The van der Waals surface area contributed by atoms with Crippen LogP contribution in [0.25, 0.3) is 0 Å². The van der Waals surface area contributed by atoms with Gasteiger partial charge in [0.2, 0.25) is 0 Å². The zero-order valence-corrected chi connectivity index (χ0v) is 9.70. The summed E-state index contributed by atoms with van der Waals surface area (Å²) in [6, 6.07) is 4.64. The maximum atomic E-state index is 13.7. The lowest BCUT2D eigenvalue weighted by Crippen LogP contribution is -2.42. The van der Waals surface area contributed by atoms with Gasteiger partial charge in [-0.25, -0.2) is 4.39 Å². The van der Waals surface area contributed by atoms with Gasteiger partial charge in [0.15, 0.2) is 0 Å². The molecule has 0 aliphatic heterocycles. The average molecular weight is 238 g/mol. The molecule has 4 heteroatoms. The van der Waals surface area contributed by atoms with E-state index in [1.165, 1.54) is 13.2 Å². The number of hydrogen-bond acceptors (Lipinski definition) is 2. The molecule has 1 N–H and O–H groups in total. The lowest BCUT2D eigenvalue weighted by molar-refractivity contribution is -0.147. The van der Waals surface area contributed by atoms with Crippen LogP contribution in [0, 0.1) is 5.82 Å². The van der Waals surface area contributed by atoms with Crippen LogP contribution in [0.1, 0.15) is 30.4 Å². The van der Waals surface area contributed by atoms with Crippen molar-refractivity contribution >= 4 is 5.97 Å². The number of halogens is 1. The molecule has 0 amide bonds. The zero-order valence-electron chi connectivity index (χ0n) is 9.70. The minimum atomic E-state index is -0.869. The fourth-order valence-electron chi connectivity index (χ4n) is 2.27. The summed E-state index contributed by atoms with van der Waals surface area (Å²) >= 11 is 0. The molecule has 17 heavy (non-hydrogen) atoms. The van der Waals surface area contributed by atoms with E-state index in [2.05, 4.69) is 0 Å². The summed E-state index contributed by atoms with van der Waals surface area (Å²) in [7, 11) is 1.50. The predicted molar refractivity (Wildman–Crippen MR) is 60.3 cm³/mol. The van der Waals surface area contributed by atoms with E-state index >= 15 is 0 Å². The van der Waals surface area contributed by atoms with Crippen LogP contribution < -0.4 is 0 Å². The van der Waals surface area contributed by atoms with Crippen molar-refractivity contribution in [2.75, 3.05) is 7.11 Å². The number of hydrogen-bond donors (Lipinski definition) is 1. The highest BCUT2D eigenvalue weighted by Gasteiger charge is 2.46. The van der Waals surface area contributed by atoms with E-state index in [9.17, 15) is 14.3 Å². The second-order valence-corrected chi connectivity index (χ2v) is 4.48. The molecular weight excluding hydrogens is 223 g/mol. The highest BCUT2D eigenvalue weighted by atomic mass is 19.1. The third-order valence-corrected chi connectivity index (χ3v) is 3.52. The van der Waals surface area contributed by atoms with Gasteiger partial charge in [-0.3, -0.25) is 4.79 Å². The molecule has 0 saturated heterocycles. The first kappa shape index (κ1) is 12.0. The SMILES string of the molecule is COCc1ccc(C2(C(=O)O)CCC2)cc1F. The van der Waals surface area contributed by atoms with Crippen LogP contribution in [-0.4, -0.2) is 18.2 Å². The molecule has 2 rings (SSSR count). The van der Waals surface area contributed by atoms with Gasteiger partial charge in [0.05, 0.1) is 12.0 Å². The molecule has 0 unspecified atom stereocenters. The minimum absolute atomic E-state index is 0.201. The highest BCUT2D eigenvalue weighted by molar-refractivity contribution is 5.82. The van der Waals surface area contributed by atoms with Gasteiger partial charge >= 0.3 is 5.97 Å². The number of carboxylic acids is 1. The fourth-order valence-corrected chi connectivity index (χ4v) is 2.27. The van der Waals surface area contributed by atoms with Gasteiger partial charge < -0.3 is 9.84 Å². The lowest BCUT2D eigenvalue weighted by atomic mass is 9.64. The number of carboxylic acid groups (broad SMARTS) is 1. The Morgan fingerprint density at radius 2 is 2.24 bits per heavy atom. The molecule has 92 valence electrons. The van der Waals surface area contributed by atoms with Gasteiger partial charge in [-0.15, -0.1) is 0 Å². The second-order valence-electron chi connectivity index (χ2n) is 4.48. The molecule has 1 aromatic carbocycles. The molecule has 0 radical (unpaired) electrons. The standard InChI is InChI=1S/C13H15FO3/c1-17-8-9-3-4-10(7-11(9)14)13(12(15)16)5-2-6-13/h3-4,7H,2,5-6,8H2,1H3,(H,15,16). The van der Waals surface area contributed by atoms with Crippen LogP contribution in [0.3, 0.4) is 0 Å². The van der Waals surface area contributed by atoms with E-state index in [0.29, 0.717) is 24.0 Å². The topological polar surface area (TPSA) is 46.5 Å². The maximum absolute atomic E-state index is 13.7. The Hall–Kier alpha value is -1.42. The van der Waals surface area contributed by atoms with Crippen molar-refractivity contribution < 1.29 is 19.0 Å². The number of carbonyl (C=O) groups is 1. The second kappa shape index (κ2) is 4.45. The molecule has 1 fully saturated rings. The zero-order chi connectivity index (χ0) is 12.5. The van der Waals surface area contributed by atoms with Crippen molar-refractivity contribution in [3.63, 3.8) is 0 Å². The first-order valence-corrected chi connectivity index (χ1v) is 5.61.